The monoisotopic (exact) mass is 330 g/mol. The van der Waals surface area contributed by atoms with E-state index in [1.165, 1.54) is 12.1 Å². The van der Waals surface area contributed by atoms with Crippen molar-refractivity contribution in [3.05, 3.63) is 59.5 Å². The van der Waals surface area contributed by atoms with Gasteiger partial charge in [0.05, 0.1) is 13.2 Å². The highest BCUT2D eigenvalue weighted by atomic mass is 19.1. The maximum atomic E-state index is 13.1. The van der Waals surface area contributed by atoms with Crippen molar-refractivity contribution in [3.63, 3.8) is 0 Å². The highest BCUT2D eigenvalue weighted by molar-refractivity contribution is 5.19. The molecule has 1 aliphatic rings. The predicted octanol–water partition coefficient (Wildman–Crippen LogP) is 3.41. The topological polar surface area (TPSA) is 34.6 Å². The van der Waals surface area contributed by atoms with Crippen LogP contribution in [-0.2, 0) is 17.8 Å². The number of hydrogen-bond acceptors (Lipinski definition) is 4. The number of halogens is 1. The molecule has 0 radical (unpaired) electrons. The smallest absolute Gasteiger partial charge is 0.212 e. The van der Waals surface area contributed by atoms with Gasteiger partial charge in [-0.1, -0.05) is 18.2 Å². The van der Waals surface area contributed by atoms with Crippen molar-refractivity contribution in [2.24, 2.45) is 0 Å². The molecule has 0 spiro atoms. The Morgan fingerprint density at radius 3 is 2.54 bits per heavy atom. The quantitative estimate of drug-likeness (QED) is 0.779. The summed E-state index contributed by atoms with van der Waals surface area (Å²) in [4.78, 5) is 6.60. The van der Waals surface area contributed by atoms with E-state index < -0.39 is 0 Å². The van der Waals surface area contributed by atoms with Crippen LogP contribution in [0.1, 0.15) is 24.0 Å². The van der Waals surface area contributed by atoms with E-state index in [4.69, 9.17) is 9.47 Å². The molecule has 2 heterocycles. The Morgan fingerprint density at radius 2 is 1.92 bits per heavy atom. The number of hydrogen-bond donors (Lipinski definition) is 0. The average Bonchev–Trinajstić information content (AvgIpc) is 3.10. The van der Waals surface area contributed by atoms with E-state index in [2.05, 4.69) is 9.88 Å². The third-order valence-corrected chi connectivity index (χ3v) is 4.22. The molecule has 4 nitrogen and oxygen atoms in total. The van der Waals surface area contributed by atoms with Gasteiger partial charge in [0.1, 0.15) is 5.82 Å². The zero-order chi connectivity index (χ0) is 16.8. The van der Waals surface area contributed by atoms with Crippen molar-refractivity contribution in [3.8, 4) is 5.88 Å². The second-order valence-electron chi connectivity index (χ2n) is 6.14. The predicted molar refractivity (Wildman–Crippen MR) is 90.3 cm³/mol. The number of methoxy groups -OCH3 is 1. The van der Waals surface area contributed by atoms with Crippen LogP contribution in [0.3, 0.4) is 0 Å². The maximum Gasteiger partial charge on any atom is 0.212 e. The zero-order valence-corrected chi connectivity index (χ0v) is 14.0. The lowest BCUT2D eigenvalue weighted by molar-refractivity contribution is 0.0678. The molecule has 0 N–H and O–H groups in total. The van der Waals surface area contributed by atoms with Crippen molar-refractivity contribution in [2.45, 2.75) is 32.0 Å². The van der Waals surface area contributed by atoms with Crippen molar-refractivity contribution < 1.29 is 13.9 Å². The third kappa shape index (κ3) is 4.76. The van der Waals surface area contributed by atoms with Gasteiger partial charge in [-0.25, -0.2) is 9.37 Å². The van der Waals surface area contributed by atoms with Gasteiger partial charge in [-0.3, -0.25) is 4.90 Å². The Labute approximate surface area is 142 Å². The van der Waals surface area contributed by atoms with E-state index >= 15 is 0 Å². The first-order valence-corrected chi connectivity index (χ1v) is 8.30. The highest BCUT2D eigenvalue weighted by Gasteiger charge is 2.19. The molecule has 5 heteroatoms. The van der Waals surface area contributed by atoms with Gasteiger partial charge in [-0.05, 0) is 36.1 Å². The first kappa shape index (κ1) is 16.9. The number of ether oxygens (including phenoxy) is 2. The van der Waals surface area contributed by atoms with Gasteiger partial charge in [0.2, 0.25) is 5.88 Å². The molecular formula is C19H23FN2O2. The lowest BCUT2D eigenvalue weighted by Crippen LogP contribution is -2.31. The summed E-state index contributed by atoms with van der Waals surface area (Å²) in [7, 11) is 1.61. The molecule has 128 valence electrons. The van der Waals surface area contributed by atoms with Crippen LogP contribution in [0.5, 0.6) is 5.88 Å². The number of rotatable bonds is 7. The summed E-state index contributed by atoms with van der Waals surface area (Å²) in [5.74, 6) is 0.409. The van der Waals surface area contributed by atoms with E-state index in [9.17, 15) is 4.39 Å². The van der Waals surface area contributed by atoms with E-state index in [1.54, 1.807) is 7.11 Å². The van der Waals surface area contributed by atoms with Crippen LogP contribution in [0.15, 0.2) is 42.6 Å². The zero-order valence-electron chi connectivity index (χ0n) is 14.0. The fourth-order valence-corrected chi connectivity index (χ4v) is 2.99. The minimum atomic E-state index is -0.205. The van der Waals surface area contributed by atoms with Gasteiger partial charge in [-0.15, -0.1) is 0 Å². The Morgan fingerprint density at radius 1 is 1.17 bits per heavy atom. The van der Waals surface area contributed by atoms with E-state index in [0.29, 0.717) is 5.88 Å². The van der Waals surface area contributed by atoms with Gasteiger partial charge < -0.3 is 9.47 Å². The van der Waals surface area contributed by atoms with E-state index in [1.807, 2.05) is 30.5 Å². The third-order valence-electron chi connectivity index (χ3n) is 4.22. The second kappa shape index (κ2) is 8.22. The van der Waals surface area contributed by atoms with Crippen molar-refractivity contribution >= 4 is 0 Å². The molecule has 3 rings (SSSR count). The van der Waals surface area contributed by atoms with Gasteiger partial charge in [0.25, 0.3) is 0 Å². The van der Waals surface area contributed by atoms with Crippen LogP contribution < -0.4 is 4.74 Å². The van der Waals surface area contributed by atoms with Crippen molar-refractivity contribution in [1.82, 2.24) is 9.88 Å². The summed E-state index contributed by atoms with van der Waals surface area (Å²) in [6.07, 6.45) is 4.34. The van der Waals surface area contributed by atoms with Crippen LogP contribution in [0.2, 0.25) is 0 Å². The Balaban J connectivity index is 1.68. The number of benzene rings is 1. The van der Waals surface area contributed by atoms with Gasteiger partial charge in [-0.2, -0.15) is 0 Å². The lowest BCUT2D eigenvalue weighted by Gasteiger charge is -2.25. The molecule has 1 fully saturated rings. The van der Waals surface area contributed by atoms with Crippen LogP contribution in [0, 0.1) is 5.82 Å². The Kier molecular flexibility index (Phi) is 5.77. The second-order valence-corrected chi connectivity index (χ2v) is 6.14. The summed E-state index contributed by atoms with van der Waals surface area (Å²) in [6, 6.07) is 10.6. The molecule has 24 heavy (non-hydrogen) atoms. The summed E-state index contributed by atoms with van der Waals surface area (Å²) in [5.41, 5.74) is 2.21. The number of aromatic nitrogens is 1. The van der Waals surface area contributed by atoms with E-state index in [0.717, 1.165) is 50.2 Å². The van der Waals surface area contributed by atoms with Crippen LogP contribution in [-0.4, -0.2) is 36.2 Å². The summed E-state index contributed by atoms with van der Waals surface area (Å²) >= 11 is 0. The highest BCUT2D eigenvalue weighted by Crippen LogP contribution is 2.18. The van der Waals surface area contributed by atoms with Crippen molar-refractivity contribution in [2.75, 3.05) is 20.3 Å². The molecule has 0 bridgehead atoms. The SMILES string of the molecule is COc1ccc(CN(Cc2ccc(F)cc2)CC2CCCO2)cn1. The minimum Gasteiger partial charge on any atom is -0.481 e. The van der Waals surface area contributed by atoms with Gasteiger partial charge >= 0.3 is 0 Å². The Bertz CT molecular complexity index is 625. The molecule has 0 amide bonds. The molecule has 1 aromatic heterocycles. The van der Waals surface area contributed by atoms with Gasteiger partial charge in [0.15, 0.2) is 0 Å². The largest absolute Gasteiger partial charge is 0.481 e. The summed E-state index contributed by atoms with van der Waals surface area (Å²) in [5, 5.41) is 0. The van der Waals surface area contributed by atoms with Crippen molar-refractivity contribution in [1.29, 1.82) is 0 Å². The average molecular weight is 330 g/mol. The fourth-order valence-electron chi connectivity index (χ4n) is 2.99. The molecule has 1 unspecified atom stereocenters. The molecule has 1 aliphatic heterocycles. The molecule has 1 atom stereocenters. The van der Waals surface area contributed by atoms with Crippen LogP contribution in [0.4, 0.5) is 4.39 Å². The number of pyridine rings is 1. The molecule has 2 aromatic rings. The van der Waals surface area contributed by atoms with E-state index in [-0.39, 0.29) is 11.9 Å². The molecule has 1 aromatic carbocycles. The fraction of sp³-hybridized carbons (Fsp3) is 0.421. The standard InChI is InChI=1S/C19H23FN2O2/c1-23-19-9-6-16(11-21-19)13-22(14-18-3-2-10-24-18)12-15-4-7-17(20)8-5-15/h4-9,11,18H,2-3,10,12-14H2,1H3. The summed E-state index contributed by atoms with van der Waals surface area (Å²) < 4.78 is 24.0. The Hall–Kier alpha value is -1.98. The van der Waals surface area contributed by atoms with Gasteiger partial charge in [0, 0.05) is 38.5 Å². The maximum absolute atomic E-state index is 13.1. The molecule has 1 saturated heterocycles. The summed E-state index contributed by atoms with van der Waals surface area (Å²) in [6.45, 7) is 3.24. The molecular weight excluding hydrogens is 307 g/mol. The number of nitrogens with zero attached hydrogens (tertiary/aromatic N) is 2. The molecule has 0 aliphatic carbocycles. The lowest BCUT2D eigenvalue weighted by atomic mass is 10.1. The normalized spacial score (nSPS) is 17.4. The van der Waals surface area contributed by atoms with Crippen LogP contribution >= 0.6 is 0 Å². The first-order chi connectivity index (χ1) is 11.7. The minimum absolute atomic E-state index is 0.205. The molecule has 0 saturated carbocycles. The van der Waals surface area contributed by atoms with Crippen LogP contribution in [0.25, 0.3) is 0 Å². The first-order valence-electron chi connectivity index (χ1n) is 8.30.